The van der Waals surface area contributed by atoms with Gasteiger partial charge in [0, 0.05) is 16.5 Å². The quantitative estimate of drug-likeness (QED) is 0.655. The Morgan fingerprint density at radius 2 is 1.89 bits per heavy atom. The van der Waals surface area contributed by atoms with E-state index in [0.29, 0.717) is 11.5 Å². The number of thioether (sulfide) groups is 1. The molecule has 2 aromatic carbocycles. The van der Waals surface area contributed by atoms with Crippen molar-refractivity contribution in [1.82, 2.24) is 0 Å². The van der Waals surface area contributed by atoms with Crippen molar-refractivity contribution in [3.63, 3.8) is 0 Å². The highest BCUT2D eigenvalue weighted by atomic mass is 32.2. The lowest BCUT2D eigenvalue weighted by molar-refractivity contribution is 0.410. The Bertz CT molecular complexity index is 1120. The summed E-state index contributed by atoms with van der Waals surface area (Å²) in [7, 11) is 1.64. The lowest BCUT2D eigenvalue weighted by Crippen LogP contribution is -2.12. The second kappa shape index (κ2) is 7.48. The molecule has 0 amide bonds. The number of hydrogen-bond acceptors (Lipinski definition) is 6. The summed E-state index contributed by atoms with van der Waals surface area (Å²) in [5.41, 5.74) is 1.86. The molecule has 1 aromatic heterocycles. The largest absolute Gasteiger partial charge is 0.507 e. The molecule has 0 aliphatic carbocycles. The minimum Gasteiger partial charge on any atom is -0.507 e. The summed E-state index contributed by atoms with van der Waals surface area (Å²) < 4.78 is 10.8. The molecule has 142 valence electrons. The number of benzene rings is 2. The fraction of sp³-hybridized carbons (Fsp3) is 0.136. The van der Waals surface area contributed by atoms with Crippen LogP contribution in [-0.4, -0.2) is 12.2 Å². The first-order valence-electron chi connectivity index (χ1n) is 8.78. The number of rotatable bonds is 3. The Kier molecular flexibility index (Phi) is 4.88. The molecule has 0 fully saturated rings. The van der Waals surface area contributed by atoms with Crippen molar-refractivity contribution in [1.29, 1.82) is 0 Å². The second-order valence-electron chi connectivity index (χ2n) is 6.39. The van der Waals surface area contributed by atoms with Crippen LogP contribution >= 0.6 is 11.8 Å². The summed E-state index contributed by atoms with van der Waals surface area (Å²) >= 11 is 1.64. The highest BCUT2D eigenvalue weighted by Crippen LogP contribution is 2.47. The third-order valence-electron chi connectivity index (χ3n) is 4.50. The van der Waals surface area contributed by atoms with Crippen LogP contribution in [0, 0.1) is 6.92 Å². The smallest absolute Gasteiger partial charge is 0.349 e. The molecule has 0 saturated carbocycles. The molecule has 1 atom stereocenters. The third-order valence-corrected chi connectivity index (χ3v) is 5.75. The third kappa shape index (κ3) is 3.39. The Labute approximate surface area is 166 Å². The van der Waals surface area contributed by atoms with E-state index in [4.69, 9.17) is 9.15 Å². The number of methoxy groups -OCH3 is 1. The molecule has 6 heteroatoms. The maximum Gasteiger partial charge on any atom is 0.349 e. The summed E-state index contributed by atoms with van der Waals surface area (Å²) in [5.74, 6) is 1.00. The highest BCUT2D eigenvalue weighted by molar-refractivity contribution is 7.99. The van der Waals surface area contributed by atoms with Crippen molar-refractivity contribution in [3.05, 3.63) is 88.0 Å². The zero-order valence-electron chi connectivity index (χ0n) is 15.4. The fourth-order valence-corrected chi connectivity index (χ4v) is 4.43. The van der Waals surface area contributed by atoms with Crippen LogP contribution in [0.15, 0.2) is 74.8 Å². The summed E-state index contributed by atoms with van der Waals surface area (Å²) in [6, 6.07) is 17.1. The van der Waals surface area contributed by atoms with Gasteiger partial charge < -0.3 is 19.6 Å². The van der Waals surface area contributed by atoms with E-state index >= 15 is 0 Å². The molecule has 28 heavy (non-hydrogen) atoms. The molecule has 0 spiro atoms. The molecule has 2 heterocycles. The monoisotopic (exact) mass is 393 g/mol. The van der Waals surface area contributed by atoms with E-state index in [1.54, 1.807) is 25.8 Å². The van der Waals surface area contributed by atoms with Crippen LogP contribution in [0.2, 0.25) is 0 Å². The Balaban J connectivity index is 1.92. The van der Waals surface area contributed by atoms with E-state index in [-0.39, 0.29) is 16.6 Å². The van der Waals surface area contributed by atoms with E-state index < -0.39 is 5.63 Å². The van der Waals surface area contributed by atoms with Gasteiger partial charge in [-0.2, -0.15) is 0 Å². The average Bonchev–Trinajstić information content (AvgIpc) is 2.86. The lowest BCUT2D eigenvalue weighted by Gasteiger charge is -2.16. The van der Waals surface area contributed by atoms with Crippen LogP contribution in [0.5, 0.6) is 11.5 Å². The summed E-state index contributed by atoms with van der Waals surface area (Å²) in [4.78, 5) is 13.5. The second-order valence-corrected chi connectivity index (χ2v) is 7.57. The molecule has 0 saturated heterocycles. The average molecular weight is 393 g/mol. The lowest BCUT2D eigenvalue weighted by atomic mass is 10.1. The predicted octanol–water partition coefficient (Wildman–Crippen LogP) is 4.96. The van der Waals surface area contributed by atoms with Crippen LogP contribution in [0.1, 0.15) is 22.1 Å². The van der Waals surface area contributed by atoms with Gasteiger partial charge in [-0.05, 0) is 31.2 Å². The number of para-hydroxylation sites is 2. The van der Waals surface area contributed by atoms with Crippen LogP contribution in [0.25, 0.3) is 5.70 Å². The molecule has 0 radical (unpaired) electrons. The van der Waals surface area contributed by atoms with Crippen LogP contribution < -0.4 is 15.7 Å². The van der Waals surface area contributed by atoms with E-state index in [1.165, 1.54) is 6.07 Å². The van der Waals surface area contributed by atoms with Crippen molar-refractivity contribution >= 4 is 23.1 Å². The van der Waals surface area contributed by atoms with E-state index in [2.05, 4.69) is 5.32 Å². The van der Waals surface area contributed by atoms with Crippen molar-refractivity contribution in [2.45, 2.75) is 17.1 Å². The van der Waals surface area contributed by atoms with Gasteiger partial charge in [-0.25, -0.2) is 4.79 Å². The first kappa shape index (κ1) is 18.3. The van der Waals surface area contributed by atoms with Crippen LogP contribution in [-0.2, 0) is 0 Å². The molecule has 4 rings (SSSR count). The zero-order valence-corrected chi connectivity index (χ0v) is 16.2. The van der Waals surface area contributed by atoms with Crippen molar-refractivity contribution in [3.8, 4) is 11.5 Å². The van der Waals surface area contributed by atoms with E-state index in [1.807, 2.05) is 54.6 Å². The van der Waals surface area contributed by atoms with Crippen molar-refractivity contribution in [2.75, 3.05) is 12.4 Å². The SMILES string of the molecule is COc1ccccc1[C@@H]1C=C(c2c(O)cc(C)oc2=O)Nc2ccccc2S1. The molecular weight excluding hydrogens is 374 g/mol. The number of nitrogens with one attached hydrogen (secondary N) is 1. The van der Waals surface area contributed by atoms with E-state index in [9.17, 15) is 9.90 Å². The van der Waals surface area contributed by atoms with Gasteiger partial charge in [0.1, 0.15) is 22.8 Å². The normalized spacial score (nSPS) is 15.8. The number of aromatic hydroxyl groups is 1. The van der Waals surface area contributed by atoms with Gasteiger partial charge in [0.05, 0.1) is 23.7 Å². The number of fused-ring (bicyclic) bond motifs is 1. The van der Waals surface area contributed by atoms with Gasteiger partial charge in [-0.15, -0.1) is 11.8 Å². The highest BCUT2D eigenvalue weighted by Gasteiger charge is 2.25. The predicted molar refractivity (Wildman–Crippen MR) is 111 cm³/mol. The fourth-order valence-electron chi connectivity index (χ4n) is 3.23. The maximum absolute atomic E-state index is 12.5. The summed E-state index contributed by atoms with van der Waals surface area (Å²) in [5, 5.41) is 13.6. The molecule has 5 nitrogen and oxygen atoms in total. The minimum absolute atomic E-state index is 0.114. The number of hydrogen-bond donors (Lipinski definition) is 2. The van der Waals surface area contributed by atoms with Crippen LogP contribution in [0.4, 0.5) is 5.69 Å². The van der Waals surface area contributed by atoms with E-state index in [0.717, 1.165) is 21.9 Å². The molecule has 0 unspecified atom stereocenters. The molecule has 0 bridgehead atoms. The minimum atomic E-state index is -0.584. The molecule has 1 aliphatic rings. The molecule has 2 N–H and O–H groups in total. The molecule has 3 aromatic rings. The van der Waals surface area contributed by atoms with Gasteiger partial charge in [0.15, 0.2) is 0 Å². The van der Waals surface area contributed by atoms with Gasteiger partial charge in [0.25, 0.3) is 0 Å². The number of anilines is 1. The molecular formula is C22H19NO4S. The van der Waals surface area contributed by atoms with Gasteiger partial charge in [-0.1, -0.05) is 30.3 Å². The molecule has 1 aliphatic heterocycles. The Morgan fingerprint density at radius 1 is 1.14 bits per heavy atom. The summed E-state index contributed by atoms with van der Waals surface area (Å²) in [6.07, 6.45) is 1.92. The first-order chi connectivity index (χ1) is 13.6. The van der Waals surface area contributed by atoms with Crippen LogP contribution in [0.3, 0.4) is 0 Å². The van der Waals surface area contributed by atoms with Crippen molar-refractivity contribution < 1.29 is 14.3 Å². The topological polar surface area (TPSA) is 71.7 Å². The van der Waals surface area contributed by atoms with Gasteiger partial charge >= 0.3 is 5.63 Å². The van der Waals surface area contributed by atoms with Crippen molar-refractivity contribution in [2.24, 2.45) is 0 Å². The van der Waals surface area contributed by atoms with Gasteiger partial charge in [-0.3, -0.25) is 0 Å². The Hall–Kier alpha value is -3.12. The zero-order chi connectivity index (χ0) is 19.7. The first-order valence-corrected chi connectivity index (χ1v) is 9.66. The number of ether oxygens (including phenoxy) is 1. The van der Waals surface area contributed by atoms with Gasteiger partial charge in [0.2, 0.25) is 0 Å². The standard InChI is InChI=1S/C22H19NO4S/c1-13-11-17(24)21(22(25)27-13)16-12-20(14-7-3-5-9-18(14)26-2)28-19-10-6-4-8-15(19)23-16/h3-12,20,23-24H,1-2H3/t20-/m0/s1. The summed E-state index contributed by atoms with van der Waals surface area (Å²) in [6.45, 7) is 1.63. The maximum atomic E-state index is 12.5. The Morgan fingerprint density at radius 3 is 2.68 bits per heavy atom. The number of aryl methyl sites for hydroxylation is 1.